The molecule has 140 valence electrons. The van der Waals surface area contributed by atoms with Gasteiger partial charge in [0, 0.05) is 16.9 Å². The highest BCUT2D eigenvalue weighted by atomic mass is 35.5. The number of methoxy groups -OCH3 is 1. The van der Waals surface area contributed by atoms with Crippen molar-refractivity contribution in [1.82, 2.24) is 9.97 Å². The van der Waals surface area contributed by atoms with E-state index in [1.165, 1.54) is 0 Å². The fourth-order valence-corrected chi connectivity index (χ4v) is 2.58. The van der Waals surface area contributed by atoms with E-state index in [4.69, 9.17) is 21.1 Å². The lowest BCUT2D eigenvalue weighted by Gasteiger charge is -2.11. The molecule has 0 unspecified atom stereocenters. The Morgan fingerprint density at radius 3 is 2.59 bits per heavy atom. The van der Waals surface area contributed by atoms with Crippen LogP contribution >= 0.6 is 11.6 Å². The van der Waals surface area contributed by atoms with Gasteiger partial charge in [0.1, 0.15) is 23.9 Å². The van der Waals surface area contributed by atoms with E-state index in [9.17, 15) is 0 Å². The number of hydrogen-bond donors (Lipinski definition) is 2. The molecule has 0 saturated heterocycles. The Morgan fingerprint density at radius 2 is 1.81 bits per heavy atom. The Hall–Kier alpha value is -2.99. The second-order valence-electron chi connectivity index (χ2n) is 5.75. The van der Waals surface area contributed by atoms with Gasteiger partial charge in [-0.25, -0.2) is 4.98 Å². The van der Waals surface area contributed by atoms with Crippen LogP contribution in [0.1, 0.15) is 5.56 Å². The molecule has 27 heavy (non-hydrogen) atoms. The molecule has 0 spiro atoms. The fraction of sp³-hybridized carbons (Fsp3) is 0.200. The molecule has 2 N–H and O–H groups in total. The molecule has 1 heterocycles. The van der Waals surface area contributed by atoms with Crippen LogP contribution in [0.15, 0.2) is 54.7 Å². The van der Waals surface area contributed by atoms with Crippen molar-refractivity contribution in [2.75, 3.05) is 30.9 Å². The molecule has 0 atom stereocenters. The van der Waals surface area contributed by atoms with Crippen molar-refractivity contribution in [2.45, 2.75) is 6.92 Å². The second-order valence-corrected chi connectivity index (χ2v) is 6.16. The maximum atomic E-state index is 6.15. The summed E-state index contributed by atoms with van der Waals surface area (Å²) >= 11 is 6.15. The molecular formula is C20H21ClN4O2. The lowest BCUT2D eigenvalue weighted by Crippen LogP contribution is -2.13. The Labute approximate surface area is 163 Å². The van der Waals surface area contributed by atoms with Crippen molar-refractivity contribution in [1.29, 1.82) is 0 Å². The van der Waals surface area contributed by atoms with Gasteiger partial charge in [0.15, 0.2) is 0 Å². The zero-order valence-corrected chi connectivity index (χ0v) is 16.0. The lowest BCUT2D eigenvalue weighted by atomic mass is 10.2. The van der Waals surface area contributed by atoms with Crippen LogP contribution in [0.3, 0.4) is 0 Å². The first kappa shape index (κ1) is 18.8. The van der Waals surface area contributed by atoms with E-state index in [2.05, 4.69) is 20.6 Å². The number of halogens is 1. The summed E-state index contributed by atoms with van der Waals surface area (Å²) in [6, 6.07) is 15.0. The van der Waals surface area contributed by atoms with Gasteiger partial charge in [0.2, 0.25) is 5.95 Å². The van der Waals surface area contributed by atoms with E-state index in [1.807, 2.05) is 55.5 Å². The predicted octanol–water partition coefficient (Wildman–Crippen LogP) is 4.68. The number of rotatable bonds is 8. The third-order valence-corrected chi connectivity index (χ3v) is 4.32. The van der Waals surface area contributed by atoms with Crippen molar-refractivity contribution < 1.29 is 9.47 Å². The summed E-state index contributed by atoms with van der Waals surface area (Å²) in [5.74, 6) is 2.81. The molecule has 0 radical (unpaired) electrons. The number of nitrogens with one attached hydrogen (secondary N) is 2. The summed E-state index contributed by atoms with van der Waals surface area (Å²) in [6.07, 6.45) is 1.70. The molecule has 0 aliphatic carbocycles. The molecule has 1 aromatic heterocycles. The molecule has 7 heteroatoms. The van der Waals surface area contributed by atoms with E-state index in [0.29, 0.717) is 29.9 Å². The minimum Gasteiger partial charge on any atom is -0.497 e. The van der Waals surface area contributed by atoms with Crippen molar-refractivity contribution in [3.63, 3.8) is 0 Å². The van der Waals surface area contributed by atoms with Crippen LogP contribution in [0, 0.1) is 6.92 Å². The first-order valence-electron chi connectivity index (χ1n) is 8.51. The van der Waals surface area contributed by atoms with Crippen LogP contribution in [0.4, 0.5) is 17.5 Å². The van der Waals surface area contributed by atoms with Crippen molar-refractivity contribution >= 4 is 29.1 Å². The van der Waals surface area contributed by atoms with E-state index in [0.717, 1.165) is 22.7 Å². The number of aromatic nitrogens is 2. The first-order chi connectivity index (χ1) is 13.2. The molecule has 0 saturated carbocycles. The Morgan fingerprint density at radius 1 is 1.04 bits per heavy atom. The number of benzene rings is 2. The van der Waals surface area contributed by atoms with Crippen LogP contribution in [0.2, 0.25) is 5.02 Å². The van der Waals surface area contributed by atoms with Gasteiger partial charge in [-0.05, 0) is 55.0 Å². The molecular weight excluding hydrogens is 364 g/mol. The second kappa shape index (κ2) is 9.09. The van der Waals surface area contributed by atoms with Gasteiger partial charge in [0.25, 0.3) is 0 Å². The summed E-state index contributed by atoms with van der Waals surface area (Å²) in [7, 11) is 1.64. The maximum absolute atomic E-state index is 6.15. The smallest absolute Gasteiger partial charge is 0.229 e. The third-order valence-electron chi connectivity index (χ3n) is 3.91. The van der Waals surface area contributed by atoms with Gasteiger partial charge in [0.05, 0.1) is 13.7 Å². The largest absolute Gasteiger partial charge is 0.497 e. The van der Waals surface area contributed by atoms with Crippen molar-refractivity contribution in [2.24, 2.45) is 0 Å². The molecule has 3 rings (SSSR count). The number of nitrogens with zero attached hydrogens (tertiary/aromatic N) is 2. The van der Waals surface area contributed by atoms with Crippen molar-refractivity contribution in [3.05, 3.63) is 65.3 Å². The lowest BCUT2D eigenvalue weighted by molar-refractivity contribution is 0.331. The van der Waals surface area contributed by atoms with Gasteiger partial charge < -0.3 is 20.1 Å². The van der Waals surface area contributed by atoms with Crippen molar-refractivity contribution in [3.8, 4) is 11.5 Å². The minimum absolute atomic E-state index is 0.501. The van der Waals surface area contributed by atoms with E-state index < -0.39 is 0 Å². The highest BCUT2D eigenvalue weighted by Crippen LogP contribution is 2.25. The third kappa shape index (κ3) is 5.24. The summed E-state index contributed by atoms with van der Waals surface area (Å²) in [5.41, 5.74) is 1.83. The number of hydrogen-bond acceptors (Lipinski definition) is 6. The number of anilines is 3. The van der Waals surface area contributed by atoms with Gasteiger partial charge >= 0.3 is 0 Å². The van der Waals surface area contributed by atoms with Gasteiger partial charge in [-0.1, -0.05) is 17.7 Å². The van der Waals surface area contributed by atoms with Crippen LogP contribution < -0.4 is 20.1 Å². The molecule has 2 aromatic carbocycles. The molecule has 6 nitrogen and oxygen atoms in total. The average molecular weight is 385 g/mol. The standard InChI is InChI=1S/C20H21ClN4O2/c1-14-17(21)4-3-5-18(14)24-20-23-11-10-19(25-20)22-12-13-27-16-8-6-15(26-2)7-9-16/h3-11H,12-13H2,1-2H3,(H2,22,23,24,25). The van der Waals surface area contributed by atoms with Crippen LogP contribution in [-0.4, -0.2) is 30.2 Å². The van der Waals surface area contributed by atoms with E-state index in [-0.39, 0.29) is 0 Å². The van der Waals surface area contributed by atoms with Gasteiger partial charge in [-0.2, -0.15) is 4.98 Å². The number of ether oxygens (including phenoxy) is 2. The molecule has 0 aliphatic rings. The monoisotopic (exact) mass is 384 g/mol. The van der Waals surface area contributed by atoms with E-state index in [1.54, 1.807) is 13.3 Å². The van der Waals surface area contributed by atoms with Gasteiger partial charge in [-0.15, -0.1) is 0 Å². The van der Waals surface area contributed by atoms with Crippen LogP contribution in [-0.2, 0) is 0 Å². The van der Waals surface area contributed by atoms with Crippen LogP contribution in [0.5, 0.6) is 11.5 Å². The summed E-state index contributed by atoms with van der Waals surface area (Å²) in [5, 5.41) is 7.11. The zero-order valence-electron chi connectivity index (χ0n) is 15.2. The fourth-order valence-electron chi connectivity index (χ4n) is 2.40. The Balaban J connectivity index is 1.52. The van der Waals surface area contributed by atoms with Gasteiger partial charge in [-0.3, -0.25) is 0 Å². The minimum atomic E-state index is 0.501. The predicted molar refractivity (Wildman–Crippen MR) is 108 cm³/mol. The molecule has 0 bridgehead atoms. The first-order valence-corrected chi connectivity index (χ1v) is 8.89. The van der Waals surface area contributed by atoms with E-state index >= 15 is 0 Å². The molecule has 3 aromatic rings. The quantitative estimate of drug-likeness (QED) is 0.549. The summed E-state index contributed by atoms with van der Waals surface area (Å²) in [4.78, 5) is 8.71. The molecule has 0 amide bonds. The molecule has 0 fully saturated rings. The normalized spacial score (nSPS) is 10.3. The maximum Gasteiger partial charge on any atom is 0.229 e. The summed E-state index contributed by atoms with van der Waals surface area (Å²) in [6.45, 7) is 3.06. The average Bonchev–Trinajstić information content (AvgIpc) is 2.70. The summed E-state index contributed by atoms with van der Waals surface area (Å²) < 4.78 is 10.8. The topological polar surface area (TPSA) is 68.3 Å². The highest BCUT2D eigenvalue weighted by molar-refractivity contribution is 6.31. The highest BCUT2D eigenvalue weighted by Gasteiger charge is 2.05. The SMILES string of the molecule is COc1ccc(OCCNc2ccnc(Nc3cccc(Cl)c3C)n2)cc1. The molecule has 0 aliphatic heterocycles. The Kier molecular flexibility index (Phi) is 6.33. The zero-order chi connectivity index (χ0) is 19.1. The Bertz CT molecular complexity index is 887. The van der Waals surface area contributed by atoms with Crippen LogP contribution in [0.25, 0.3) is 0 Å².